The molecule has 0 unspecified atom stereocenters. The van der Waals surface area contributed by atoms with Gasteiger partial charge in [0.15, 0.2) is 11.3 Å². The molecular formula is C17H14O5. The van der Waals surface area contributed by atoms with Crippen LogP contribution in [0.1, 0.15) is 19.4 Å². The van der Waals surface area contributed by atoms with Crippen molar-refractivity contribution in [3.8, 4) is 17.2 Å². The number of hydrogen-bond acceptors (Lipinski definition) is 5. The molecule has 0 saturated heterocycles. The number of phenolic OH excluding ortho intramolecular Hbond substituents is 3. The highest BCUT2D eigenvalue weighted by molar-refractivity contribution is 5.99. The van der Waals surface area contributed by atoms with E-state index in [1.165, 1.54) is 12.1 Å². The minimum Gasteiger partial charge on any atom is -0.508 e. The van der Waals surface area contributed by atoms with E-state index in [9.17, 15) is 20.1 Å². The van der Waals surface area contributed by atoms with Gasteiger partial charge in [-0.3, -0.25) is 4.79 Å². The average molecular weight is 298 g/mol. The topological polar surface area (TPSA) is 90.9 Å². The van der Waals surface area contributed by atoms with Crippen LogP contribution < -0.4 is 5.43 Å². The van der Waals surface area contributed by atoms with E-state index < -0.39 is 5.43 Å². The maximum atomic E-state index is 12.7. The molecule has 22 heavy (non-hydrogen) atoms. The third kappa shape index (κ3) is 2.07. The van der Waals surface area contributed by atoms with Crippen LogP contribution in [0.5, 0.6) is 17.2 Å². The molecule has 0 bridgehead atoms. The van der Waals surface area contributed by atoms with Crippen LogP contribution in [-0.2, 0) is 0 Å². The van der Waals surface area contributed by atoms with Gasteiger partial charge in [-0.1, -0.05) is 17.7 Å². The van der Waals surface area contributed by atoms with Crippen LogP contribution in [0.4, 0.5) is 0 Å². The standard InChI is InChI=1S/C17H14O5/c1-8(2)5-9-3-4-11(19)17-14(9)16(21)15-12(20)6-10(18)7-13(15)22-17/h3-7,18-20H,1-2H3. The first kappa shape index (κ1) is 14.0. The Bertz CT molecular complexity index is 992. The number of fused-ring (bicyclic) bond motifs is 2. The molecule has 2 aromatic carbocycles. The SMILES string of the molecule is CC(C)=Cc1ccc(O)c2oc3cc(O)cc(O)c3c(=O)c12. The van der Waals surface area contributed by atoms with Crippen LogP contribution in [0.3, 0.4) is 0 Å². The van der Waals surface area contributed by atoms with Crippen molar-refractivity contribution < 1.29 is 19.7 Å². The third-order valence-corrected chi connectivity index (χ3v) is 3.35. The molecule has 112 valence electrons. The second-order valence-corrected chi connectivity index (χ2v) is 5.37. The van der Waals surface area contributed by atoms with Crippen molar-refractivity contribution in [1.82, 2.24) is 0 Å². The zero-order valence-electron chi connectivity index (χ0n) is 12.0. The monoisotopic (exact) mass is 298 g/mol. The van der Waals surface area contributed by atoms with Gasteiger partial charge in [-0.05, 0) is 25.5 Å². The van der Waals surface area contributed by atoms with E-state index in [-0.39, 0.29) is 39.2 Å². The summed E-state index contributed by atoms with van der Waals surface area (Å²) in [4.78, 5) is 12.7. The fourth-order valence-electron chi connectivity index (χ4n) is 2.49. The first-order chi connectivity index (χ1) is 10.4. The summed E-state index contributed by atoms with van der Waals surface area (Å²) < 4.78 is 5.54. The van der Waals surface area contributed by atoms with Gasteiger partial charge in [-0.15, -0.1) is 0 Å². The fourth-order valence-corrected chi connectivity index (χ4v) is 2.49. The number of aromatic hydroxyl groups is 3. The Morgan fingerprint density at radius 1 is 1.05 bits per heavy atom. The summed E-state index contributed by atoms with van der Waals surface area (Å²) in [5, 5.41) is 29.6. The Labute approximate surface area is 125 Å². The van der Waals surface area contributed by atoms with Gasteiger partial charge in [0, 0.05) is 12.1 Å². The summed E-state index contributed by atoms with van der Waals surface area (Å²) in [7, 11) is 0. The number of rotatable bonds is 1. The Kier molecular flexibility index (Phi) is 3.06. The van der Waals surface area contributed by atoms with Crippen molar-refractivity contribution in [2.75, 3.05) is 0 Å². The van der Waals surface area contributed by atoms with E-state index in [1.807, 2.05) is 13.8 Å². The molecule has 3 N–H and O–H groups in total. The largest absolute Gasteiger partial charge is 0.508 e. The summed E-state index contributed by atoms with van der Waals surface area (Å²) in [6.07, 6.45) is 1.79. The van der Waals surface area contributed by atoms with Crippen LogP contribution in [0.25, 0.3) is 28.0 Å². The average Bonchev–Trinajstić information content (AvgIpc) is 2.40. The lowest BCUT2D eigenvalue weighted by Crippen LogP contribution is -2.04. The number of phenols is 3. The molecule has 0 aliphatic heterocycles. The highest BCUT2D eigenvalue weighted by Crippen LogP contribution is 2.34. The maximum absolute atomic E-state index is 12.7. The molecule has 1 heterocycles. The van der Waals surface area contributed by atoms with E-state index in [2.05, 4.69) is 0 Å². The normalized spacial score (nSPS) is 11.0. The Hall–Kier alpha value is -2.95. The van der Waals surface area contributed by atoms with E-state index in [0.29, 0.717) is 5.56 Å². The van der Waals surface area contributed by atoms with E-state index in [4.69, 9.17) is 4.42 Å². The predicted molar refractivity (Wildman–Crippen MR) is 84.3 cm³/mol. The zero-order valence-corrected chi connectivity index (χ0v) is 12.0. The molecule has 5 nitrogen and oxygen atoms in total. The van der Waals surface area contributed by atoms with Crippen LogP contribution >= 0.6 is 0 Å². The van der Waals surface area contributed by atoms with Gasteiger partial charge in [0.05, 0.1) is 5.39 Å². The fraction of sp³-hybridized carbons (Fsp3) is 0.118. The van der Waals surface area contributed by atoms with Gasteiger partial charge in [0.2, 0.25) is 5.43 Å². The highest BCUT2D eigenvalue weighted by Gasteiger charge is 2.17. The Morgan fingerprint density at radius 2 is 1.77 bits per heavy atom. The number of hydrogen-bond donors (Lipinski definition) is 3. The molecule has 3 aromatic rings. The maximum Gasteiger partial charge on any atom is 0.205 e. The Balaban J connectivity index is 2.60. The minimum absolute atomic E-state index is 0.0136. The molecule has 0 radical (unpaired) electrons. The summed E-state index contributed by atoms with van der Waals surface area (Å²) in [5.41, 5.74) is 1.15. The number of allylic oxidation sites excluding steroid dienone is 1. The molecule has 5 heteroatoms. The summed E-state index contributed by atoms with van der Waals surface area (Å²) in [5.74, 6) is -0.771. The smallest absolute Gasteiger partial charge is 0.205 e. The first-order valence-electron chi connectivity index (χ1n) is 6.68. The molecule has 0 aliphatic carbocycles. The lowest BCUT2D eigenvalue weighted by molar-refractivity contribution is 0.450. The molecule has 0 atom stereocenters. The molecule has 0 spiro atoms. The second-order valence-electron chi connectivity index (χ2n) is 5.37. The van der Waals surface area contributed by atoms with Crippen LogP contribution in [0, 0.1) is 0 Å². The van der Waals surface area contributed by atoms with Crippen LogP contribution in [-0.4, -0.2) is 15.3 Å². The van der Waals surface area contributed by atoms with E-state index in [0.717, 1.165) is 11.6 Å². The van der Waals surface area contributed by atoms with Crippen molar-refractivity contribution in [1.29, 1.82) is 0 Å². The lowest BCUT2D eigenvalue weighted by atomic mass is 10.0. The van der Waals surface area contributed by atoms with Crippen LogP contribution in [0.2, 0.25) is 0 Å². The second kappa shape index (κ2) is 4.80. The molecule has 1 aromatic heterocycles. The van der Waals surface area contributed by atoms with Crippen molar-refractivity contribution >= 4 is 28.0 Å². The molecular weight excluding hydrogens is 284 g/mol. The van der Waals surface area contributed by atoms with Gasteiger partial charge in [0.1, 0.15) is 22.5 Å². The van der Waals surface area contributed by atoms with Gasteiger partial charge in [0.25, 0.3) is 0 Å². The van der Waals surface area contributed by atoms with E-state index in [1.54, 1.807) is 12.1 Å². The van der Waals surface area contributed by atoms with Gasteiger partial charge >= 0.3 is 0 Å². The first-order valence-corrected chi connectivity index (χ1v) is 6.68. The molecule has 0 saturated carbocycles. The predicted octanol–water partition coefficient (Wildman–Crippen LogP) is 3.49. The van der Waals surface area contributed by atoms with Crippen molar-refractivity contribution in [3.05, 3.63) is 45.6 Å². The van der Waals surface area contributed by atoms with Crippen molar-refractivity contribution in [2.24, 2.45) is 0 Å². The Morgan fingerprint density at radius 3 is 2.45 bits per heavy atom. The summed E-state index contributed by atoms with van der Waals surface area (Å²) >= 11 is 0. The summed E-state index contributed by atoms with van der Waals surface area (Å²) in [6.45, 7) is 3.77. The van der Waals surface area contributed by atoms with Gasteiger partial charge < -0.3 is 19.7 Å². The lowest BCUT2D eigenvalue weighted by Gasteiger charge is -2.08. The molecule has 0 aliphatic rings. The molecule has 0 amide bonds. The van der Waals surface area contributed by atoms with Gasteiger partial charge in [-0.2, -0.15) is 0 Å². The quantitative estimate of drug-likeness (QED) is 0.598. The van der Waals surface area contributed by atoms with E-state index >= 15 is 0 Å². The van der Waals surface area contributed by atoms with Crippen molar-refractivity contribution in [3.63, 3.8) is 0 Å². The third-order valence-electron chi connectivity index (χ3n) is 3.35. The highest BCUT2D eigenvalue weighted by atomic mass is 16.4. The minimum atomic E-state index is -0.461. The number of benzene rings is 2. The van der Waals surface area contributed by atoms with Gasteiger partial charge in [-0.25, -0.2) is 0 Å². The van der Waals surface area contributed by atoms with Crippen LogP contribution in [0.15, 0.2) is 39.1 Å². The van der Waals surface area contributed by atoms with Crippen molar-refractivity contribution in [2.45, 2.75) is 13.8 Å². The molecule has 0 fully saturated rings. The zero-order chi connectivity index (χ0) is 16.0. The summed E-state index contributed by atoms with van der Waals surface area (Å²) in [6, 6.07) is 5.36. The molecule has 3 rings (SSSR count).